The quantitative estimate of drug-likeness (QED) is 0.784. The molecule has 2 aromatic carbocycles. The molecular weight excluding hydrogens is 330 g/mol. The summed E-state index contributed by atoms with van der Waals surface area (Å²) in [7, 11) is 3.44. The zero-order valence-electron chi connectivity index (χ0n) is 15.7. The normalized spacial score (nSPS) is 12.2. The lowest BCUT2D eigenvalue weighted by atomic mass is 10.1. The highest BCUT2D eigenvalue weighted by molar-refractivity contribution is 5.95. The Hall–Kier alpha value is -3.02. The zero-order valence-corrected chi connectivity index (χ0v) is 15.7. The smallest absolute Gasteiger partial charge is 0.328 e. The lowest BCUT2D eigenvalue weighted by Crippen LogP contribution is -2.30. The van der Waals surface area contributed by atoms with Gasteiger partial charge in [0.2, 0.25) is 0 Å². The minimum atomic E-state index is -0.647. The molecule has 0 aliphatic rings. The first kappa shape index (κ1) is 17.8. The summed E-state index contributed by atoms with van der Waals surface area (Å²) in [4.78, 5) is 24.5. The summed E-state index contributed by atoms with van der Waals surface area (Å²) >= 11 is 0. The van der Waals surface area contributed by atoms with Crippen molar-refractivity contribution in [3.63, 3.8) is 0 Å². The molecule has 0 spiro atoms. The molecule has 0 saturated heterocycles. The standard InChI is InChI=1S/C20H23N3O3/c1-12-8-13(2)10-16(9-12)26-14(3)19(24)21-15-6-7-17-18(11-15)23(5)20(25)22(17)4/h6-11,14H,1-5H3,(H,21,24)/t14-/m1/s1. The fourth-order valence-electron chi connectivity index (χ4n) is 3.09. The molecule has 26 heavy (non-hydrogen) atoms. The Labute approximate surface area is 152 Å². The molecule has 3 rings (SSSR count). The lowest BCUT2D eigenvalue weighted by Gasteiger charge is -2.16. The number of carbonyl (C=O) groups is 1. The number of aryl methyl sites for hydroxylation is 4. The number of amides is 1. The Morgan fingerprint density at radius 2 is 1.62 bits per heavy atom. The van der Waals surface area contributed by atoms with E-state index in [1.165, 1.54) is 0 Å². The number of rotatable bonds is 4. The Morgan fingerprint density at radius 1 is 1.00 bits per heavy atom. The number of carbonyl (C=O) groups excluding carboxylic acids is 1. The molecule has 1 aromatic heterocycles. The van der Waals surface area contributed by atoms with E-state index in [0.29, 0.717) is 11.4 Å². The van der Waals surface area contributed by atoms with Crippen LogP contribution in [-0.2, 0) is 18.9 Å². The summed E-state index contributed by atoms with van der Waals surface area (Å²) < 4.78 is 8.91. The summed E-state index contributed by atoms with van der Waals surface area (Å²) in [6.07, 6.45) is -0.647. The van der Waals surface area contributed by atoms with Crippen molar-refractivity contribution in [1.29, 1.82) is 0 Å². The Balaban J connectivity index is 1.77. The van der Waals surface area contributed by atoms with Gasteiger partial charge in [0.1, 0.15) is 5.75 Å². The Morgan fingerprint density at radius 3 is 2.27 bits per heavy atom. The third kappa shape index (κ3) is 3.35. The highest BCUT2D eigenvalue weighted by Gasteiger charge is 2.16. The molecule has 1 heterocycles. The highest BCUT2D eigenvalue weighted by Crippen LogP contribution is 2.20. The molecule has 1 N–H and O–H groups in total. The van der Waals surface area contributed by atoms with E-state index in [0.717, 1.165) is 22.2 Å². The first-order valence-electron chi connectivity index (χ1n) is 8.47. The zero-order chi connectivity index (χ0) is 19.0. The van der Waals surface area contributed by atoms with Gasteiger partial charge < -0.3 is 10.1 Å². The summed E-state index contributed by atoms with van der Waals surface area (Å²) in [6.45, 7) is 5.69. The number of imidazole rings is 1. The largest absolute Gasteiger partial charge is 0.481 e. The van der Waals surface area contributed by atoms with Gasteiger partial charge in [-0.1, -0.05) is 6.07 Å². The number of ether oxygens (including phenoxy) is 1. The SMILES string of the molecule is Cc1cc(C)cc(O[C@H](C)C(=O)Nc2ccc3c(c2)n(C)c(=O)n3C)c1. The maximum atomic E-state index is 12.5. The van der Waals surface area contributed by atoms with Gasteiger partial charge in [0.05, 0.1) is 11.0 Å². The molecule has 1 atom stereocenters. The van der Waals surface area contributed by atoms with Crippen LogP contribution in [0, 0.1) is 13.8 Å². The molecule has 0 aliphatic heterocycles. The maximum absolute atomic E-state index is 12.5. The van der Waals surface area contributed by atoms with Crippen molar-refractivity contribution in [2.75, 3.05) is 5.32 Å². The third-order valence-corrected chi connectivity index (χ3v) is 4.42. The van der Waals surface area contributed by atoms with E-state index in [1.807, 2.05) is 32.0 Å². The monoisotopic (exact) mass is 353 g/mol. The van der Waals surface area contributed by atoms with Crippen LogP contribution in [-0.4, -0.2) is 21.1 Å². The Bertz CT molecular complexity index is 1030. The van der Waals surface area contributed by atoms with Crippen LogP contribution in [0.2, 0.25) is 0 Å². The van der Waals surface area contributed by atoms with E-state index in [2.05, 4.69) is 11.4 Å². The summed E-state index contributed by atoms with van der Waals surface area (Å²) in [5.41, 5.74) is 4.27. The number of hydrogen-bond acceptors (Lipinski definition) is 3. The van der Waals surface area contributed by atoms with Crippen molar-refractivity contribution in [2.45, 2.75) is 26.9 Å². The van der Waals surface area contributed by atoms with Crippen molar-refractivity contribution >= 4 is 22.6 Å². The predicted octanol–water partition coefficient (Wildman–Crippen LogP) is 2.90. The lowest BCUT2D eigenvalue weighted by molar-refractivity contribution is -0.122. The summed E-state index contributed by atoms with van der Waals surface area (Å²) in [5.74, 6) is 0.426. The van der Waals surface area contributed by atoms with Gasteiger partial charge in [-0.15, -0.1) is 0 Å². The number of nitrogens with zero attached hydrogens (tertiary/aromatic N) is 2. The minimum Gasteiger partial charge on any atom is -0.481 e. The molecule has 136 valence electrons. The van der Waals surface area contributed by atoms with E-state index in [1.54, 1.807) is 42.3 Å². The number of anilines is 1. The Kier molecular flexibility index (Phi) is 4.59. The molecule has 0 fully saturated rings. The fraction of sp³-hybridized carbons (Fsp3) is 0.300. The molecule has 0 unspecified atom stereocenters. The second-order valence-electron chi connectivity index (χ2n) is 6.68. The van der Waals surface area contributed by atoms with Crippen LogP contribution in [0.4, 0.5) is 5.69 Å². The number of hydrogen-bond donors (Lipinski definition) is 1. The van der Waals surface area contributed by atoms with Crippen LogP contribution in [0.25, 0.3) is 11.0 Å². The minimum absolute atomic E-state index is 0.102. The molecule has 3 aromatic rings. The molecular formula is C20H23N3O3. The van der Waals surface area contributed by atoms with Crippen LogP contribution >= 0.6 is 0 Å². The van der Waals surface area contributed by atoms with Crippen LogP contribution in [0.15, 0.2) is 41.2 Å². The van der Waals surface area contributed by atoms with E-state index in [-0.39, 0.29) is 11.6 Å². The third-order valence-electron chi connectivity index (χ3n) is 4.42. The number of benzene rings is 2. The fourth-order valence-corrected chi connectivity index (χ4v) is 3.09. The van der Waals surface area contributed by atoms with Gasteiger partial charge in [0.15, 0.2) is 6.10 Å². The van der Waals surface area contributed by atoms with Crippen molar-refractivity contribution in [3.05, 3.63) is 58.0 Å². The van der Waals surface area contributed by atoms with E-state index < -0.39 is 6.10 Å². The second kappa shape index (κ2) is 6.71. The molecule has 0 saturated carbocycles. The van der Waals surface area contributed by atoms with Crippen molar-refractivity contribution in [2.24, 2.45) is 14.1 Å². The average molecular weight is 353 g/mol. The van der Waals surface area contributed by atoms with E-state index >= 15 is 0 Å². The maximum Gasteiger partial charge on any atom is 0.328 e. The van der Waals surface area contributed by atoms with Crippen LogP contribution < -0.4 is 15.7 Å². The topological polar surface area (TPSA) is 65.3 Å². The summed E-state index contributed by atoms with van der Waals surface area (Å²) in [6, 6.07) is 11.3. The van der Waals surface area contributed by atoms with Crippen molar-refractivity contribution in [3.8, 4) is 5.75 Å². The van der Waals surface area contributed by atoms with Gasteiger partial charge in [-0.05, 0) is 62.2 Å². The number of nitrogens with one attached hydrogen (secondary N) is 1. The highest BCUT2D eigenvalue weighted by atomic mass is 16.5. The van der Waals surface area contributed by atoms with Crippen LogP contribution in [0.3, 0.4) is 0 Å². The van der Waals surface area contributed by atoms with Gasteiger partial charge >= 0.3 is 5.69 Å². The first-order valence-corrected chi connectivity index (χ1v) is 8.47. The van der Waals surface area contributed by atoms with Gasteiger partial charge in [-0.25, -0.2) is 4.79 Å². The predicted molar refractivity (Wildman–Crippen MR) is 103 cm³/mol. The molecule has 6 heteroatoms. The van der Waals surface area contributed by atoms with Crippen molar-refractivity contribution in [1.82, 2.24) is 9.13 Å². The van der Waals surface area contributed by atoms with E-state index in [9.17, 15) is 9.59 Å². The van der Waals surface area contributed by atoms with Gasteiger partial charge in [0, 0.05) is 19.8 Å². The molecule has 0 bridgehead atoms. The molecule has 0 radical (unpaired) electrons. The van der Waals surface area contributed by atoms with Gasteiger partial charge in [-0.2, -0.15) is 0 Å². The second-order valence-corrected chi connectivity index (χ2v) is 6.68. The average Bonchev–Trinajstić information content (AvgIpc) is 2.78. The number of fused-ring (bicyclic) bond motifs is 1. The summed E-state index contributed by atoms with van der Waals surface area (Å²) in [5, 5.41) is 2.85. The van der Waals surface area contributed by atoms with E-state index in [4.69, 9.17) is 4.74 Å². The van der Waals surface area contributed by atoms with Crippen LogP contribution in [0.1, 0.15) is 18.1 Å². The molecule has 0 aliphatic carbocycles. The van der Waals surface area contributed by atoms with Crippen LogP contribution in [0.5, 0.6) is 5.75 Å². The first-order chi connectivity index (χ1) is 12.3. The molecule has 6 nitrogen and oxygen atoms in total. The van der Waals surface area contributed by atoms with Gasteiger partial charge in [-0.3, -0.25) is 13.9 Å². The van der Waals surface area contributed by atoms with Gasteiger partial charge in [0.25, 0.3) is 5.91 Å². The molecule has 1 amide bonds. The number of aromatic nitrogens is 2. The van der Waals surface area contributed by atoms with Crippen molar-refractivity contribution < 1.29 is 9.53 Å².